The summed E-state index contributed by atoms with van der Waals surface area (Å²) in [5.74, 6) is -0.154. The maximum absolute atomic E-state index is 13.7. The van der Waals surface area contributed by atoms with Gasteiger partial charge in [0.15, 0.2) is 11.5 Å². The van der Waals surface area contributed by atoms with Gasteiger partial charge < -0.3 is 30.4 Å². The Balaban J connectivity index is 1.34. The van der Waals surface area contributed by atoms with E-state index in [1.807, 2.05) is 0 Å². The highest BCUT2D eigenvalue weighted by Gasteiger charge is 2.50. The first-order valence-corrected chi connectivity index (χ1v) is 13.7. The molecule has 1 unspecified atom stereocenters. The number of carbonyl (C=O) groups is 2. The van der Waals surface area contributed by atoms with Crippen LogP contribution in [0.25, 0.3) is 11.3 Å². The lowest BCUT2D eigenvalue weighted by Gasteiger charge is -2.30. The van der Waals surface area contributed by atoms with Crippen LogP contribution in [0.1, 0.15) is 54.2 Å². The smallest absolute Gasteiger partial charge is 0.251 e. The molecule has 2 aliphatic carbocycles. The second kappa shape index (κ2) is 10.0. The quantitative estimate of drug-likeness (QED) is 0.345. The molecule has 214 valence electrons. The summed E-state index contributed by atoms with van der Waals surface area (Å²) >= 11 is 0. The number of nitrogens with zero attached hydrogens (tertiary/aromatic N) is 1. The summed E-state index contributed by atoms with van der Waals surface area (Å²) in [4.78, 5) is 30.5. The molecule has 0 bridgehead atoms. The molecule has 9 nitrogen and oxygen atoms in total. The number of rotatable bonds is 10. The van der Waals surface area contributed by atoms with E-state index in [9.17, 15) is 19.1 Å². The molecule has 41 heavy (non-hydrogen) atoms. The molecular formula is C31H32FN3O6. The number of amides is 2. The van der Waals surface area contributed by atoms with Crippen molar-refractivity contribution < 1.29 is 33.3 Å². The predicted molar refractivity (Wildman–Crippen MR) is 147 cm³/mol. The minimum Gasteiger partial charge on any atom is -0.493 e. The SMILES string of the molecule is COc1cc(C(=O)NCC(O)(c2cc3c(c(-c4ccc(F)cc4)n2)OC[C@]3(C)C(N)=O)C2CC2)ccc1OC1CC1. The van der Waals surface area contributed by atoms with Crippen LogP contribution in [0, 0.1) is 11.7 Å². The van der Waals surface area contributed by atoms with Crippen LogP contribution >= 0.6 is 0 Å². The molecule has 1 aromatic heterocycles. The van der Waals surface area contributed by atoms with Gasteiger partial charge in [0, 0.05) is 16.7 Å². The standard InChI is InChI=1S/C31H32FN3O6/c1-30(29(33)37)16-40-27-22(30)14-25(35-26(27)17-3-8-20(32)9-4-17)31(38,19-6-7-19)15-34-28(36)18-5-12-23(24(13-18)39-2)41-21-10-11-21/h3-5,8-9,12-14,19,21,38H,6-7,10-11,15-16H2,1-2H3,(H2,33,37)(H,34,36)/t30-,31?/m0/s1. The summed E-state index contributed by atoms with van der Waals surface area (Å²) in [6.07, 6.45) is 3.65. The van der Waals surface area contributed by atoms with Gasteiger partial charge in [0.05, 0.1) is 25.5 Å². The van der Waals surface area contributed by atoms with E-state index in [-0.39, 0.29) is 30.9 Å². The summed E-state index contributed by atoms with van der Waals surface area (Å²) in [6, 6.07) is 12.4. The van der Waals surface area contributed by atoms with Crippen molar-refractivity contribution in [2.24, 2.45) is 11.7 Å². The Bertz CT molecular complexity index is 1520. The molecule has 2 atom stereocenters. The predicted octanol–water partition coefficient (Wildman–Crippen LogP) is 3.60. The van der Waals surface area contributed by atoms with Crippen molar-refractivity contribution >= 4 is 11.8 Å². The largest absolute Gasteiger partial charge is 0.493 e. The van der Waals surface area contributed by atoms with Gasteiger partial charge in [-0.2, -0.15) is 0 Å². The fourth-order valence-electron chi connectivity index (χ4n) is 5.21. The van der Waals surface area contributed by atoms with E-state index >= 15 is 0 Å². The Morgan fingerprint density at radius 1 is 1.15 bits per heavy atom. The molecule has 2 saturated carbocycles. The number of halogens is 1. The lowest BCUT2D eigenvalue weighted by Crippen LogP contribution is -2.44. The van der Waals surface area contributed by atoms with Gasteiger partial charge in [-0.1, -0.05) is 0 Å². The Hall–Kier alpha value is -4.18. The molecule has 3 aromatic rings. The van der Waals surface area contributed by atoms with E-state index in [1.54, 1.807) is 43.3 Å². The third-order valence-corrected chi connectivity index (χ3v) is 8.19. The monoisotopic (exact) mass is 561 g/mol. The van der Waals surface area contributed by atoms with Gasteiger partial charge in [-0.25, -0.2) is 9.37 Å². The molecule has 3 aliphatic rings. The van der Waals surface area contributed by atoms with Crippen molar-refractivity contribution in [1.29, 1.82) is 0 Å². The average molecular weight is 562 g/mol. The van der Waals surface area contributed by atoms with Gasteiger partial charge in [0.1, 0.15) is 34.9 Å². The summed E-state index contributed by atoms with van der Waals surface area (Å²) in [5.41, 5.74) is 5.14. The first-order valence-electron chi connectivity index (χ1n) is 13.7. The molecule has 0 spiro atoms. The number of nitrogens with one attached hydrogen (secondary N) is 1. The number of methoxy groups -OCH3 is 1. The average Bonchev–Trinajstić information content (AvgIpc) is 3.91. The molecule has 0 saturated heterocycles. The molecule has 10 heteroatoms. The molecule has 1 aliphatic heterocycles. The highest BCUT2D eigenvalue weighted by Crippen LogP contribution is 2.50. The highest BCUT2D eigenvalue weighted by molar-refractivity contribution is 5.95. The Kier molecular flexibility index (Phi) is 6.60. The molecule has 2 amide bonds. The van der Waals surface area contributed by atoms with E-state index in [0.29, 0.717) is 39.6 Å². The Morgan fingerprint density at radius 3 is 2.51 bits per heavy atom. The number of hydrogen-bond donors (Lipinski definition) is 3. The second-order valence-electron chi connectivity index (χ2n) is 11.3. The number of hydrogen-bond acceptors (Lipinski definition) is 7. The summed E-state index contributed by atoms with van der Waals surface area (Å²) in [7, 11) is 1.52. The molecule has 2 heterocycles. The number of nitrogens with two attached hydrogens (primary N) is 1. The van der Waals surface area contributed by atoms with Crippen molar-refractivity contribution in [1.82, 2.24) is 10.3 Å². The fraction of sp³-hybridized carbons (Fsp3) is 0.387. The van der Waals surface area contributed by atoms with Crippen LogP contribution in [0.4, 0.5) is 4.39 Å². The van der Waals surface area contributed by atoms with Gasteiger partial charge in [-0.05, 0) is 87.1 Å². The number of ether oxygens (including phenoxy) is 3. The second-order valence-corrected chi connectivity index (χ2v) is 11.3. The fourth-order valence-corrected chi connectivity index (χ4v) is 5.21. The summed E-state index contributed by atoms with van der Waals surface area (Å²) in [6.45, 7) is 1.57. The number of pyridine rings is 1. The van der Waals surface area contributed by atoms with E-state index in [1.165, 1.54) is 19.2 Å². The van der Waals surface area contributed by atoms with E-state index in [2.05, 4.69) is 5.32 Å². The van der Waals surface area contributed by atoms with Gasteiger partial charge in [-0.3, -0.25) is 9.59 Å². The van der Waals surface area contributed by atoms with Crippen LogP contribution in [-0.2, 0) is 15.8 Å². The first kappa shape index (κ1) is 27.0. The van der Waals surface area contributed by atoms with Crippen molar-refractivity contribution in [3.05, 3.63) is 71.2 Å². The third kappa shape index (κ3) is 4.97. The van der Waals surface area contributed by atoms with Crippen LogP contribution in [0.3, 0.4) is 0 Å². The van der Waals surface area contributed by atoms with E-state index < -0.39 is 28.6 Å². The van der Waals surface area contributed by atoms with Crippen LogP contribution < -0.4 is 25.3 Å². The maximum Gasteiger partial charge on any atom is 0.251 e. The Morgan fingerprint density at radius 2 is 1.88 bits per heavy atom. The summed E-state index contributed by atoms with van der Waals surface area (Å²) < 4.78 is 30.9. The zero-order valence-corrected chi connectivity index (χ0v) is 22.9. The van der Waals surface area contributed by atoms with Gasteiger partial charge in [-0.15, -0.1) is 0 Å². The van der Waals surface area contributed by atoms with Gasteiger partial charge in [0.2, 0.25) is 5.91 Å². The molecular weight excluding hydrogens is 529 g/mol. The van der Waals surface area contributed by atoms with Crippen LogP contribution in [0.5, 0.6) is 17.2 Å². The van der Waals surface area contributed by atoms with Crippen molar-refractivity contribution in [3.8, 4) is 28.5 Å². The highest BCUT2D eigenvalue weighted by atomic mass is 19.1. The molecule has 2 aromatic carbocycles. The van der Waals surface area contributed by atoms with Crippen LogP contribution in [0.2, 0.25) is 0 Å². The van der Waals surface area contributed by atoms with Gasteiger partial charge in [0.25, 0.3) is 5.91 Å². The number of aliphatic hydroxyl groups is 1. The molecule has 6 rings (SSSR count). The van der Waals surface area contributed by atoms with Crippen LogP contribution in [0.15, 0.2) is 48.5 Å². The van der Waals surface area contributed by atoms with E-state index in [4.69, 9.17) is 24.9 Å². The zero-order valence-electron chi connectivity index (χ0n) is 22.9. The first-order chi connectivity index (χ1) is 19.6. The van der Waals surface area contributed by atoms with E-state index in [0.717, 1.165) is 25.7 Å². The van der Waals surface area contributed by atoms with Crippen molar-refractivity contribution in [2.45, 2.75) is 49.7 Å². The number of fused-ring (bicyclic) bond motifs is 1. The van der Waals surface area contributed by atoms with Gasteiger partial charge >= 0.3 is 0 Å². The van der Waals surface area contributed by atoms with Crippen LogP contribution in [-0.4, -0.2) is 48.3 Å². The number of aromatic nitrogens is 1. The normalized spacial score (nSPS) is 20.9. The minimum atomic E-state index is -1.54. The van der Waals surface area contributed by atoms with Crippen molar-refractivity contribution in [3.63, 3.8) is 0 Å². The Labute approximate surface area is 236 Å². The topological polar surface area (TPSA) is 133 Å². The number of primary amides is 1. The lowest BCUT2D eigenvalue weighted by atomic mass is 9.81. The van der Waals surface area contributed by atoms with Crippen molar-refractivity contribution in [2.75, 3.05) is 20.3 Å². The maximum atomic E-state index is 13.7. The summed E-state index contributed by atoms with van der Waals surface area (Å²) in [5, 5.41) is 14.9. The minimum absolute atomic E-state index is 0.0118. The number of benzene rings is 2. The molecule has 4 N–H and O–H groups in total. The number of carbonyl (C=O) groups excluding carboxylic acids is 2. The zero-order chi connectivity index (χ0) is 28.9. The lowest BCUT2D eigenvalue weighted by molar-refractivity contribution is -0.123. The third-order valence-electron chi connectivity index (χ3n) is 8.19. The molecule has 0 radical (unpaired) electrons. The molecule has 2 fully saturated rings.